The molecule has 0 heterocycles. The summed E-state index contributed by atoms with van der Waals surface area (Å²) in [5, 5.41) is 2.98. The van der Waals surface area contributed by atoms with E-state index in [9.17, 15) is 18.0 Å². The van der Waals surface area contributed by atoms with Crippen LogP contribution in [0.2, 0.25) is 0 Å². The Kier molecular flexibility index (Phi) is 10.8. The minimum atomic E-state index is -4.11. The Hall–Kier alpha value is -3.85. The molecule has 0 fully saturated rings. The lowest BCUT2D eigenvalue weighted by molar-refractivity contribution is -0.141. The maximum Gasteiger partial charge on any atom is 0.264 e. The van der Waals surface area contributed by atoms with E-state index in [4.69, 9.17) is 4.74 Å². The van der Waals surface area contributed by atoms with E-state index in [1.165, 1.54) is 17.0 Å². The van der Waals surface area contributed by atoms with Gasteiger partial charge in [-0.05, 0) is 80.6 Å². The fraction of sp³-hybridized carbons (Fsp3) is 0.394. The summed E-state index contributed by atoms with van der Waals surface area (Å²) in [4.78, 5) is 29.2. The highest BCUT2D eigenvalue weighted by Crippen LogP contribution is 2.27. The zero-order chi connectivity index (χ0) is 31.1. The third-order valence-electron chi connectivity index (χ3n) is 6.85. The van der Waals surface area contributed by atoms with Crippen molar-refractivity contribution in [3.8, 4) is 5.75 Å². The summed E-state index contributed by atoms with van der Waals surface area (Å²) in [6.45, 7) is 11.2. The Bertz CT molecular complexity index is 1430. The molecular formula is C33H43N3O5S. The van der Waals surface area contributed by atoms with Gasteiger partial charge in [0.15, 0.2) is 0 Å². The van der Waals surface area contributed by atoms with Crippen LogP contribution in [-0.4, -0.2) is 50.4 Å². The minimum Gasteiger partial charge on any atom is -0.497 e. The number of rotatable bonds is 12. The second kappa shape index (κ2) is 13.9. The highest BCUT2D eigenvalue weighted by atomic mass is 32.2. The van der Waals surface area contributed by atoms with Crippen LogP contribution in [-0.2, 0) is 26.2 Å². The normalized spacial score (nSPS) is 12.5. The zero-order valence-electron chi connectivity index (χ0n) is 25.6. The van der Waals surface area contributed by atoms with Gasteiger partial charge in [0.2, 0.25) is 11.8 Å². The lowest BCUT2D eigenvalue weighted by Crippen LogP contribution is -2.55. The molecule has 2 amide bonds. The van der Waals surface area contributed by atoms with Crippen molar-refractivity contribution in [3.63, 3.8) is 0 Å². The van der Waals surface area contributed by atoms with Crippen molar-refractivity contribution in [1.29, 1.82) is 0 Å². The third kappa shape index (κ3) is 8.35. The number of hydrogen-bond donors (Lipinski definition) is 1. The summed E-state index contributed by atoms with van der Waals surface area (Å²) in [5.41, 5.74) is 1.69. The molecule has 0 saturated heterocycles. The van der Waals surface area contributed by atoms with Gasteiger partial charge in [-0.1, -0.05) is 63.2 Å². The van der Waals surface area contributed by atoms with Crippen LogP contribution >= 0.6 is 0 Å². The Labute approximate surface area is 250 Å². The Balaban J connectivity index is 2.07. The molecule has 42 heavy (non-hydrogen) atoms. The Morgan fingerprint density at radius 1 is 0.905 bits per heavy atom. The lowest BCUT2D eigenvalue weighted by Gasteiger charge is -2.34. The quantitative estimate of drug-likeness (QED) is 0.289. The number of nitrogens with one attached hydrogen (secondary N) is 1. The molecule has 8 nitrogen and oxygen atoms in total. The zero-order valence-corrected chi connectivity index (χ0v) is 26.4. The van der Waals surface area contributed by atoms with Crippen LogP contribution in [0.15, 0.2) is 83.8 Å². The molecule has 0 aliphatic heterocycles. The average molecular weight is 594 g/mol. The van der Waals surface area contributed by atoms with Gasteiger partial charge in [-0.3, -0.25) is 13.9 Å². The van der Waals surface area contributed by atoms with E-state index in [2.05, 4.69) is 19.2 Å². The number of carbonyl (C=O) groups excluding carboxylic acids is 2. The van der Waals surface area contributed by atoms with Gasteiger partial charge in [0, 0.05) is 12.1 Å². The Morgan fingerprint density at radius 2 is 1.50 bits per heavy atom. The number of hydrogen-bond acceptors (Lipinski definition) is 5. The van der Waals surface area contributed by atoms with Crippen LogP contribution in [0.25, 0.3) is 0 Å². The average Bonchev–Trinajstić information content (AvgIpc) is 2.95. The molecule has 3 rings (SSSR count). The first-order valence-electron chi connectivity index (χ1n) is 14.2. The second-order valence-corrected chi connectivity index (χ2v) is 13.5. The molecule has 226 valence electrons. The summed E-state index contributed by atoms with van der Waals surface area (Å²) in [6, 6.07) is 21.7. The van der Waals surface area contributed by atoms with Crippen molar-refractivity contribution in [1.82, 2.24) is 10.2 Å². The highest BCUT2D eigenvalue weighted by Gasteiger charge is 2.34. The summed E-state index contributed by atoms with van der Waals surface area (Å²) in [5.74, 6) is 0.130. The van der Waals surface area contributed by atoms with E-state index in [1.807, 2.05) is 52.0 Å². The summed E-state index contributed by atoms with van der Waals surface area (Å²) in [7, 11) is -2.54. The van der Waals surface area contributed by atoms with E-state index in [0.717, 1.165) is 15.4 Å². The van der Waals surface area contributed by atoms with Gasteiger partial charge in [0.05, 0.1) is 17.7 Å². The van der Waals surface area contributed by atoms with Crippen LogP contribution in [0.5, 0.6) is 5.75 Å². The first-order chi connectivity index (χ1) is 19.8. The number of ether oxygens (including phenoxy) is 1. The van der Waals surface area contributed by atoms with Crippen molar-refractivity contribution >= 4 is 27.5 Å². The fourth-order valence-electron chi connectivity index (χ4n) is 4.57. The van der Waals surface area contributed by atoms with E-state index in [-0.39, 0.29) is 23.3 Å². The standard InChI is InChI=1S/C33H43N3O5S/c1-8-30(32(38)34-33(4,5)6)35(22-25-14-20-28(41-7)21-15-25)31(37)23-36(27-18-16-26(17-19-27)24(2)3)42(39,40)29-12-10-9-11-13-29/h9-21,24,30H,8,22-23H2,1-7H3,(H,34,38). The number of sulfonamides is 1. The topological polar surface area (TPSA) is 96.0 Å². The van der Waals surface area contributed by atoms with Crippen molar-refractivity contribution < 1.29 is 22.7 Å². The van der Waals surface area contributed by atoms with E-state index < -0.39 is 34.1 Å². The van der Waals surface area contributed by atoms with Gasteiger partial charge in [-0.15, -0.1) is 0 Å². The molecule has 3 aromatic rings. The molecule has 0 radical (unpaired) electrons. The molecule has 0 aromatic heterocycles. The third-order valence-corrected chi connectivity index (χ3v) is 8.64. The number of nitrogens with zero attached hydrogens (tertiary/aromatic N) is 2. The number of carbonyl (C=O) groups is 2. The maximum atomic E-state index is 14.2. The SMILES string of the molecule is CCC(C(=O)NC(C)(C)C)N(Cc1ccc(OC)cc1)C(=O)CN(c1ccc(C(C)C)cc1)S(=O)(=O)c1ccccc1. The molecule has 0 bridgehead atoms. The predicted molar refractivity (Wildman–Crippen MR) is 167 cm³/mol. The maximum absolute atomic E-state index is 14.2. The van der Waals surface area contributed by atoms with Crippen molar-refractivity contribution in [2.75, 3.05) is 18.0 Å². The number of amides is 2. The van der Waals surface area contributed by atoms with E-state index >= 15 is 0 Å². The van der Waals surface area contributed by atoms with Crippen LogP contribution in [0.4, 0.5) is 5.69 Å². The molecule has 1 atom stereocenters. The van der Waals surface area contributed by atoms with Gasteiger partial charge in [0.1, 0.15) is 18.3 Å². The van der Waals surface area contributed by atoms with E-state index in [1.54, 1.807) is 49.6 Å². The summed E-state index contributed by atoms with van der Waals surface area (Å²) >= 11 is 0. The van der Waals surface area contributed by atoms with Gasteiger partial charge in [-0.2, -0.15) is 0 Å². The van der Waals surface area contributed by atoms with Gasteiger partial charge >= 0.3 is 0 Å². The number of methoxy groups -OCH3 is 1. The van der Waals surface area contributed by atoms with Gasteiger partial charge in [-0.25, -0.2) is 8.42 Å². The molecule has 1 unspecified atom stereocenters. The molecule has 0 saturated carbocycles. The number of benzene rings is 3. The first-order valence-corrected chi connectivity index (χ1v) is 15.6. The van der Waals surface area contributed by atoms with Crippen LogP contribution in [0, 0.1) is 0 Å². The van der Waals surface area contributed by atoms with Crippen LogP contribution in [0.3, 0.4) is 0 Å². The van der Waals surface area contributed by atoms with Gasteiger partial charge < -0.3 is 15.0 Å². The van der Waals surface area contributed by atoms with Crippen molar-refractivity contribution in [2.45, 2.75) is 76.9 Å². The Morgan fingerprint density at radius 3 is 2.00 bits per heavy atom. The van der Waals surface area contributed by atoms with Crippen LogP contribution < -0.4 is 14.4 Å². The van der Waals surface area contributed by atoms with Crippen LogP contribution in [0.1, 0.15) is 65.0 Å². The fourth-order valence-corrected chi connectivity index (χ4v) is 6.01. The molecule has 1 N–H and O–H groups in total. The lowest BCUT2D eigenvalue weighted by atomic mass is 10.0. The molecule has 0 aliphatic rings. The molecule has 0 spiro atoms. The largest absolute Gasteiger partial charge is 0.497 e. The van der Waals surface area contributed by atoms with E-state index in [0.29, 0.717) is 17.9 Å². The second-order valence-electron chi connectivity index (χ2n) is 11.6. The summed E-state index contributed by atoms with van der Waals surface area (Å²) < 4.78 is 34.3. The van der Waals surface area contributed by atoms with Gasteiger partial charge in [0.25, 0.3) is 10.0 Å². The molecule has 3 aromatic carbocycles. The summed E-state index contributed by atoms with van der Waals surface area (Å²) in [6.07, 6.45) is 0.346. The van der Waals surface area contributed by atoms with Crippen molar-refractivity contribution in [2.24, 2.45) is 0 Å². The first kappa shape index (κ1) is 32.7. The number of anilines is 1. The highest BCUT2D eigenvalue weighted by molar-refractivity contribution is 7.92. The van der Waals surface area contributed by atoms with Crippen molar-refractivity contribution in [3.05, 3.63) is 90.0 Å². The molecule has 9 heteroatoms. The predicted octanol–water partition coefficient (Wildman–Crippen LogP) is 5.74. The minimum absolute atomic E-state index is 0.0740. The smallest absolute Gasteiger partial charge is 0.264 e. The molecular weight excluding hydrogens is 550 g/mol. The molecule has 0 aliphatic carbocycles. The monoisotopic (exact) mass is 593 g/mol.